The minimum absolute atomic E-state index is 0.0117. The summed E-state index contributed by atoms with van der Waals surface area (Å²) in [6.07, 6.45) is 0.813. The molecule has 1 aliphatic rings. The smallest absolute Gasteiger partial charge is 0.224 e. The Labute approximate surface area is 157 Å². The average Bonchev–Trinajstić information content (AvgIpc) is 2.57. The molecule has 26 heavy (non-hydrogen) atoms. The van der Waals surface area contributed by atoms with Gasteiger partial charge in [0.15, 0.2) is 0 Å². The number of rotatable bonds is 8. The van der Waals surface area contributed by atoms with E-state index in [0.29, 0.717) is 30.7 Å². The molecule has 0 spiro atoms. The fourth-order valence-corrected chi connectivity index (χ4v) is 3.50. The van der Waals surface area contributed by atoms with Crippen molar-refractivity contribution < 1.29 is 13.9 Å². The molecule has 2 rings (SSSR count). The van der Waals surface area contributed by atoms with E-state index in [1.165, 1.54) is 12.1 Å². The van der Waals surface area contributed by atoms with Gasteiger partial charge in [0.05, 0.1) is 12.5 Å². The van der Waals surface area contributed by atoms with E-state index in [4.69, 9.17) is 4.74 Å². The van der Waals surface area contributed by atoms with Gasteiger partial charge in [-0.25, -0.2) is 4.39 Å². The SMILES string of the molecule is CC(C)CNC(=O)[C@@H]1C[C@H](COc2cccc(F)c2)CN(CC(C)C)C1. The van der Waals surface area contributed by atoms with Gasteiger partial charge in [0, 0.05) is 38.2 Å². The van der Waals surface area contributed by atoms with Gasteiger partial charge in [0.2, 0.25) is 5.91 Å². The maximum absolute atomic E-state index is 13.3. The molecule has 0 saturated carbocycles. The molecule has 0 radical (unpaired) electrons. The summed E-state index contributed by atoms with van der Waals surface area (Å²) >= 11 is 0. The number of halogens is 1. The molecule has 0 aromatic heterocycles. The van der Waals surface area contributed by atoms with E-state index in [0.717, 1.165) is 26.1 Å². The first-order valence-corrected chi connectivity index (χ1v) is 9.72. The van der Waals surface area contributed by atoms with Gasteiger partial charge in [-0.15, -0.1) is 0 Å². The Kier molecular flexibility index (Phi) is 7.88. The lowest BCUT2D eigenvalue weighted by atomic mass is 9.88. The Morgan fingerprint density at radius 3 is 2.69 bits per heavy atom. The van der Waals surface area contributed by atoms with Gasteiger partial charge >= 0.3 is 0 Å². The van der Waals surface area contributed by atoms with Crippen LogP contribution in [0.15, 0.2) is 24.3 Å². The van der Waals surface area contributed by atoms with E-state index in [-0.39, 0.29) is 23.6 Å². The number of ether oxygens (including phenoxy) is 1. The molecule has 0 unspecified atom stereocenters. The number of benzene rings is 1. The summed E-state index contributed by atoms with van der Waals surface area (Å²) in [7, 11) is 0. The number of likely N-dealkylation sites (tertiary alicyclic amines) is 1. The van der Waals surface area contributed by atoms with Crippen LogP contribution in [0.2, 0.25) is 0 Å². The van der Waals surface area contributed by atoms with Gasteiger partial charge in [-0.2, -0.15) is 0 Å². The van der Waals surface area contributed by atoms with Gasteiger partial charge in [-0.05, 0) is 30.4 Å². The topological polar surface area (TPSA) is 41.6 Å². The van der Waals surface area contributed by atoms with Crippen LogP contribution in [0.1, 0.15) is 34.1 Å². The molecule has 1 amide bonds. The first-order valence-electron chi connectivity index (χ1n) is 9.72. The van der Waals surface area contributed by atoms with Crippen molar-refractivity contribution in [2.45, 2.75) is 34.1 Å². The second-order valence-corrected chi connectivity index (χ2v) is 8.32. The Bertz CT molecular complexity index is 577. The van der Waals surface area contributed by atoms with Gasteiger partial charge in [-0.1, -0.05) is 33.8 Å². The molecule has 2 atom stereocenters. The molecule has 1 heterocycles. The minimum Gasteiger partial charge on any atom is -0.493 e. The van der Waals surface area contributed by atoms with E-state index in [2.05, 4.69) is 37.9 Å². The molecule has 1 N–H and O–H groups in total. The molecular formula is C21H33FN2O2. The Morgan fingerprint density at radius 2 is 2.04 bits per heavy atom. The lowest BCUT2D eigenvalue weighted by Gasteiger charge is -2.38. The number of carbonyl (C=O) groups excluding carboxylic acids is 1. The zero-order valence-corrected chi connectivity index (χ0v) is 16.5. The second-order valence-electron chi connectivity index (χ2n) is 8.32. The Morgan fingerprint density at radius 1 is 1.27 bits per heavy atom. The molecule has 1 aromatic carbocycles. The third-order valence-electron chi connectivity index (χ3n) is 4.57. The molecule has 4 nitrogen and oxygen atoms in total. The summed E-state index contributed by atoms with van der Waals surface area (Å²) in [5, 5.41) is 3.07. The van der Waals surface area contributed by atoms with Crippen LogP contribution in [0, 0.1) is 29.5 Å². The lowest BCUT2D eigenvalue weighted by Crippen LogP contribution is -2.49. The summed E-state index contributed by atoms with van der Waals surface area (Å²) in [6.45, 7) is 12.5. The Hall–Kier alpha value is -1.62. The van der Waals surface area contributed by atoms with Crippen LogP contribution < -0.4 is 10.1 Å². The van der Waals surface area contributed by atoms with Crippen LogP contribution in [-0.2, 0) is 4.79 Å². The second kappa shape index (κ2) is 9.91. The summed E-state index contributed by atoms with van der Waals surface area (Å²) in [5.41, 5.74) is 0. The van der Waals surface area contributed by atoms with Crippen LogP contribution in [0.5, 0.6) is 5.75 Å². The van der Waals surface area contributed by atoms with Gasteiger partial charge in [-0.3, -0.25) is 4.79 Å². The highest BCUT2D eigenvalue weighted by molar-refractivity contribution is 5.79. The number of nitrogens with one attached hydrogen (secondary N) is 1. The van der Waals surface area contributed by atoms with Crippen LogP contribution in [-0.4, -0.2) is 43.6 Å². The highest BCUT2D eigenvalue weighted by Gasteiger charge is 2.32. The summed E-state index contributed by atoms with van der Waals surface area (Å²) < 4.78 is 19.1. The third-order valence-corrected chi connectivity index (χ3v) is 4.57. The highest BCUT2D eigenvalue weighted by Crippen LogP contribution is 2.24. The number of carbonyl (C=O) groups is 1. The monoisotopic (exact) mass is 364 g/mol. The van der Waals surface area contributed by atoms with Crippen LogP contribution in [0.25, 0.3) is 0 Å². The highest BCUT2D eigenvalue weighted by atomic mass is 19.1. The van der Waals surface area contributed by atoms with Gasteiger partial charge in [0.1, 0.15) is 11.6 Å². The zero-order valence-electron chi connectivity index (χ0n) is 16.5. The van der Waals surface area contributed by atoms with E-state index in [9.17, 15) is 9.18 Å². The number of piperidine rings is 1. The minimum atomic E-state index is -0.293. The first-order chi connectivity index (χ1) is 12.3. The quantitative estimate of drug-likeness (QED) is 0.767. The normalized spacial score (nSPS) is 21.2. The van der Waals surface area contributed by atoms with Crippen LogP contribution >= 0.6 is 0 Å². The molecule has 146 valence electrons. The van der Waals surface area contributed by atoms with Crippen molar-refractivity contribution >= 4 is 5.91 Å². The predicted molar refractivity (Wildman–Crippen MR) is 103 cm³/mol. The molecule has 5 heteroatoms. The number of hydrogen-bond donors (Lipinski definition) is 1. The molecule has 0 aliphatic carbocycles. The van der Waals surface area contributed by atoms with E-state index in [1.54, 1.807) is 12.1 Å². The summed E-state index contributed by atoms with van der Waals surface area (Å²) in [4.78, 5) is 14.9. The standard InChI is InChI=1S/C21H33FN2O2/c1-15(2)10-23-21(25)18-8-17(12-24(13-18)11-16(3)4)14-26-20-7-5-6-19(22)9-20/h5-7,9,15-18H,8,10-14H2,1-4H3,(H,23,25)/t17-,18+/m0/s1. The van der Waals surface area contributed by atoms with Crippen LogP contribution in [0.4, 0.5) is 4.39 Å². The lowest BCUT2D eigenvalue weighted by molar-refractivity contribution is -0.128. The largest absolute Gasteiger partial charge is 0.493 e. The zero-order chi connectivity index (χ0) is 19.1. The van der Waals surface area contributed by atoms with E-state index in [1.807, 2.05) is 0 Å². The van der Waals surface area contributed by atoms with Crippen molar-refractivity contribution in [1.82, 2.24) is 10.2 Å². The molecule has 1 saturated heterocycles. The van der Waals surface area contributed by atoms with Gasteiger partial charge in [0.25, 0.3) is 0 Å². The van der Waals surface area contributed by atoms with E-state index < -0.39 is 0 Å². The summed E-state index contributed by atoms with van der Waals surface area (Å²) in [5.74, 6) is 1.65. The fraction of sp³-hybridized carbons (Fsp3) is 0.667. The maximum atomic E-state index is 13.3. The van der Waals surface area contributed by atoms with Crippen molar-refractivity contribution in [2.24, 2.45) is 23.7 Å². The number of amides is 1. The van der Waals surface area contributed by atoms with Crippen molar-refractivity contribution in [3.05, 3.63) is 30.1 Å². The maximum Gasteiger partial charge on any atom is 0.224 e. The molecule has 0 bridgehead atoms. The fourth-order valence-electron chi connectivity index (χ4n) is 3.50. The van der Waals surface area contributed by atoms with Crippen molar-refractivity contribution in [3.63, 3.8) is 0 Å². The van der Waals surface area contributed by atoms with Crippen molar-refractivity contribution in [2.75, 3.05) is 32.8 Å². The average molecular weight is 365 g/mol. The molecular weight excluding hydrogens is 331 g/mol. The third kappa shape index (κ3) is 6.94. The first kappa shape index (κ1) is 20.7. The Balaban J connectivity index is 1.96. The van der Waals surface area contributed by atoms with E-state index >= 15 is 0 Å². The predicted octanol–water partition coefficient (Wildman–Crippen LogP) is 3.57. The molecule has 1 aromatic rings. The van der Waals surface area contributed by atoms with Gasteiger partial charge < -0.3 is 15.0 Å². The van der Waals surface area contributed by atoms with Crippen molar-refractivity contribution in [3.8, 4) is 5.75 Å². The number of hydrogen-bond acceptors (Lipinski definition) is 3. The summed E-state index contributed by atoms with van der Waals surface area (Å²) in [6, 6.07) is 6.23. The number of nitrogens with zero attached hydrogens (tertiary/aromatic N) is 1. The molecule has 1 fully saturated rings. The van der Waals surface area contributed by atoms with Crippen LogP contribution in [0.3, 0.4) is 0 Å². The van der Waals surface area contributed by atoms with Crippen molar-refractivity contribution in [1.29, 1.82) is 0 Å². The molecule has 1 aliphatic heterocycles.